The summed E-state index contributed by atoms with van der Waals surface area (Å²) in [6.45, 7) is 0.669. The molecule has 1 aliphatic rings. The summed E-state index contributed by atoms with van der Waals surface area (Å²) in [6.07, 6.45) is 0.635. The fourth-order valence-corrected chi connectivity index (χ4v) is 3.31. The molecular weight excluding hydrogens is 224 g/mol. The lowest BCUT2D eigenvalue weighted by atomic mass is 10.3. The molecule has 0 aliphatic carbocycles. The van der Waals surface area contributed by atoms with Gasteiger partial charge in [0.25, 0.3) is 0 Å². The van der Waals surface area contributed by atoms with Crippen molar-refractivity contribution in [3.63, 3.8) is 0 Å². The highest BCUT2D eigenvalue weighted by molar-refractivity contribution is 7.86. The second-order valence-electron chi connectivity index (χ2n) is 3.87. The highest BCUT2D eigenvalue weighted by Crippen LogP contribution is 2.24. The van der Waals surface area contributed by atoms with E-state index < -0.39 is 16.0 Å². The molecule has 1 amide bonds. The predicted molar refractivity (Wildman–Crippen MR) is 63.3 cm³/mol. The Hall–Kier alpha value is -1.36. The van der Waals surface area contributed by atoms with Crippen LogP contribution in [0.4, 0.5) is 5.69 Å². The van der Waals surface area contributed by atoms with Gasteiger partial charge in [-0.1, -0.05) is 12.1 Å². The standard InChI is InChI=1S/C11H14N2O2S/c1-13-7-6-10(11(13)14)16(15)9-5-3-2-4-8(9)12/h2-5,10H,6-7,12H2,1H3. The van der Waals surface area contributed by atoms with Crippen LogP contribution in [0.1, 0.15) is 6.42 Å². The normalized spacial score (nSPS) is 22.4. The second-order valence-corrected chi connectivity index (χ2v) is 5.48. The first kappa shape index (κ1) is 11.1. The summed E-state index contributed by atoms with van der Waals surface area (Å²) in [5, 5.41) is -0.435. The van der Waals surface area contributed by atoms with Gasteiger partial charge in [0, 0.05) is 19.3 Å². The van der Waals surface area contributed by atoms with E-state index in [-0.39, 0.29) is 5.91 Å². The maximum Gasteiger partial charge on any atom is 0.238 e. The smallest absolute Gasteiger partial charge is 0.238 e. The molecule has 5 heteroatoms. The van der Waals surface area contributed by atoms with Crippen LogP contribution in [-0.4, -0.2) is 33.9 Å². The molecule has 1 aromatic carbocycles. The van der Waals surface area contributed by atoms with Crippen molar-refractivity contribution in [3.8, 4) is 0 Å². The zero-order valence-electron chi connectivity index (χ0n) is 9.05. The number of likely N-dealkylation sites (tertiary alicyclic amines) is 1. The molecule has 1 heterocycles. The summed E-state index contributed by atoms with van der Waals surface area (Å²) in [4.78, 5) is 13.9. The van der Waals surface area contributed by atoms with Gasteiger partial charge in [0.2, 0.25) is 5.91 Å². The molecule has 86 valence electrons. The van der Waals surface area contributed by atoms with Gasteiger partial charge in [-0.2, -0.15) is 0 Å². The Labute approximate surface area is 96.9 Å². The summed E-state index contributed by atoms with van der Waals surface area (Å²) in [7, 11) is 0.393. The van der Waals surface area contributed by atoms with Crippen LogP contribution < -0.4 is 5.73 Å². The van der Waals surface area contributed by atoms with Crippen LogP contribution in [0, 0.1) is 0 Å². The van der Waals surface area contributed by atoms with Crippen molar-refractivity contribution in [1.29, 1.82) is 0 Å². The zero-order valence-corrected chi connectivity index (χ0v) is 9.87. The molecule has 16 heavy (non-hydrogen) atoms. The van der Waals surface area contributed by atoms with E-state index in [9.17, 15) is 9.00 Å². The van der Waals surface area contributed by atoms with Crippen molar-refractivity contribution in [2.75, 3.05) is 19.3 Å². The Morgan fingerprint density at radius 2 is 2.12 bits per heavy atom. The van der Waals surface area contributed by atoms with Crippen molar-refractivity contribution in [2.24, 2.45) is 0 Å². The molecule has 2 unspecified atom stereocenters. The van der Waals surface area contributed by atoms with Crippen molar-refractivity contribution in [1.82, 2.24) is 4.90 Å². The highest BCUT2D eigenvalue weighted by Gasteiger charge is 2.34. The van der Waals surface area contributed by atoms with Gasteiger partial charge in [-0.15, -0.1) is 0 Å². The molecule has 0 spiro atoms. The minimum Gasteiger partial charge on any atom is -0.398 e. The maximum absolute atomic E-state index is 12.2. The van der Waals surface area contributed by atoms with Gasteiger partial charge >= 0.3 is 0 Å². The van der Waals surface area contributed by atoms with Gasteiger partial charge in [0.15, 0.2) is 0 Å². The SMILES string of the molecule is CN1CCC(S(=O)c2ccccc2N)C1=O. The molecule has 0 aromatic heterocycles. The first-order chi connectivity index (χ1) is 7.61. The number of nitrogens with two attached hydrogens (primary N) is 1. The van der Waals surface area contributed by atoms with E-state index in [1.165, 1.54) is 0 Å². The Morgan fingerprint density at radius 1 is 1.44 bits per heavy atom. The van der Waals surface area contributed by atoms with E-state index in [1.807, 2.05) is 0 Å². The quantitative estimate of drug-likeness (QED) is 0.768. The third-order valence-electron chi connectivity index (χ3n) is 2.77. The number of nitrogens with zero attached hydrogens (tertiary/aromatic N) is 1. The van der Waals surface area contributed by atoms with Crippen LogP contribution in [0.15, 0.2) is 29.2 Å². The number of anilines is 1. The maximum atomic E-state index is 12.2. The average Bonchev–Trinajstić information content (AvgIpc) is 2.60. The summed E-state index contributed by atoms with van der Waals surface area (Å²) in [5.41, 5.74) is 6.24. The Bertz CT molecular complexity index is 447. The van der Waals surface area contributed by atoms with Crippen molar-refractivity contribution in [2.45, 2.75) is 16.6 Å². The molecule has 1 fully saturated rings. The number of nitrogen functional groups attached to an aromatic ring is 1. The number of carbonyl (C=O) groups is 1. The molecule has 1 aromatic rings. The van der Waals surface area contributed by atoms with Crippen molar-refractivity contribution < 1.29 is 9.00 Å². The topological polar surface area (TPSA) is 63.4 Å². The van der Waals surface area contributed by atoms with Gasteiger partial charge < -0.3 is 10.6 Å². The average molecular weight is 238 g/mol. The van der Waals surface area contributed by atoms with E-state index in [4.69, 9.17) is 5.73 Å². The number of hydrogen-bond donors (Lipinski definition) is 1. The third-order valence-corrected chi connectivity index (χ3v) is 4.53. The van der Waals surface area contributed by atoms with E-state index in [1.54, 1.807) is 36.2 Å². The Balaban J connectivity index is 2.27. The van der Waals surface area contributed by atoms with Crippen molar-refractivity contribution in [3.05, 3.63) is 24.3 Å². The molecular formula is C11H14N2O2S. The fraction of sp³-hybridized carbons (Fsp3) is 0.364. The van der Waals surface area contributed by atoms with E-state index in [2.05, 4.69) is 0 Å². The van der Waals surface area contributed by atoms with Gasteiger partial charge in [-0.3, -0.25) is 9.00 Å². The number of benzene rings is 1. The van der Waals surface area contributed by atoms with Gasteiger partial charge in [-0.05, 0) is 18.6 Å². The first-order valence-corrected chi connectivity index (χ1v) is 6.32. The number of para-hydroxylation sites is 1. The van der Waals surface area contributed by atoms with Crippen LogP contribution in [0.5, 0.6) is 0 Å². The molecule has 2 atom stereocenters. The first-order valence-electron chi connectivity index (χ1n) is 5.11. The summed E-state index contributed by atoms with van der Waals surface area (Å²) >= 11 is 0. The lowest BCUT2D eigenvalue weighted by Crippen LogP contribution is -2.28. The highest BCUT2D eigenvalue weighted by atomic mass is 32.2. The zero-order chi connectivity index (χ0) is 11.7. The molecule has 4 nitrogen and oxygen atoms in total. The van der Waals surface area contributed by atoms with Crippen LogP contribution in [-0.2, 0) is 15.6 Å². The van der Waals surface area contributed by atoms with Gasteiger partial charge in [0.05, 0.1) is 15.7 Å². The van der Waals surface area contributed by atoms with Gasteiger partial charge in [-0.25, -0.2) is 0 Å². The summed E-state index contributed by atoms with van der Waals surface area (Å²) in [5.74, 6) is -0.0541. The number of rotatable bonds is 2. The summed E-state index contributed by atoms with van der Waals surface area (Å²) < 4.78 is 12.2. The Kier molecular flexibility index (Phi) is 2.96. The second kappa shape index (κ2) is 4.25. The molecule has 0 radical (unpaired) electrons. The largest absolute Gasteiger partial charge is 0.398 e. The molecule has 2 rings (SSSR count). The van der Waals surface area contributed by atoms with Crippen LogP contribution >= 0.6 is 0 Å². The van der Waals surface area contributed by atoms with Crippen molar-refractivity contribution >= 4 is 22.4 Å². The van der Waals surface area contributed by atoms with E-state index in [0.717, 1.165) is 0 Å². The van der Waals surface area contributed by atoms with Crippen LogP contribution in [0.3, 0.4) is 0 Å². The molecule has 0 saturated carbocycles. The van der Waals surface area contributed by atoms with E-state index in [0.29, 0.717) is 23.5 Å². The van der Waals surface area contributed by atoms with Crippen LogP contribution in [0.2, 0.25) is 0 Å². The molecule has 1 aliphatic heterocycles. The lowest BCUT2D eigenvalue weighted by molar-refractivity contribution is -0.126. The predicted octanol–water partition coefficient (Wildman–Crippen LogP) is 0.607. The molecule has 2 N–H and O–H groups in total. The molecule has 1 saturated heterocycles. The van der Waals surface area contributed by atoms with Crippen LogP contribution in [0.25, 0.3) is 0 Å². The fourth-order valence-electron chi connectivity index (χ4n) is 1.81. The minimum atomic E-state index is -1.34. The third kappa shape index (κ3) is 1.82. The van der Waals surface area contributed by atoms with E-state index >= 15 is 0 Å². The molecule has 0 bridgehead atoms. The monoisotopic (exact) mass is 238 g/mol. The number of carbonyl (C=O) groups excluding carboxylic acids is 1. The summed E-state index contributed by atoms with van der Waals surface area (Å²) in [6, 6.07) is 7.00. The number of hydrogen-bond acceptors (Lipinski definition) is 3. The van der Waals surface area contributed by atoms with Gasteiger partial charge in [0.1, 0.15) is 5.25 Å². The Morgan fingerprint density at radius 3 is 2.69 bits per heavy atom. The minimum absolute atomic E-state index is 0.0541. The number of amides is 1. The lowest BCUT2D eigenvalue weighted by Gasteiger charge is -2.11.